The first-order chi connectivity index (χ1) is 9.02. The van der Waals surface area contributed by atoms with Crippen LogP contribution in [0.3, 0.4) is 0 Å². The molecule has 0 saturated carbocycles. The fourth-order valence-corrected chi connectivity index (χ4v) is 2.86. The molecule has 4 nitrogen and oxygen atoms in total. The third kappa shape index (κ3) is 5.20. The summed E-state index contributed by atoms with van der Waals surface area (Å²) in [5.74, 6) is 1.31. The highest BCUT2D eigenvalue weighted by molar-refractivity contribution is 7.91. The first-order valence-electron chi connectivity index (χ1n) is 6.54. The molecule has 1 aromatic carbocycles. The lowest BCUT2D eigenvalue weighted by molar-refractivity contribution is 0.414. The summed E-state index contributed by atoms with van der Waals surface area (Å²) >= 11 is 0. The quantitative estimate of drug-likeness (QED) is 0.795. The molecule has 0 aliphatic heterocycles. The van der Waals surface area contributed by atoms with Crippen LogP contribution in [0.5, 0.6) is 5.75 Å². The van der Waals surface area contributed by atoms with Gasteiger partial charge in [-0.1, -0.05) is 19.1 Å². The Morgan fingerprint density at radius 1 is 1.26 bits per heavy atom. The van der Waals surface area contributed by atoms with Gasteiger partial charge in [-0.3, -0.25) is 0 Å². The van der Waals surface area contributed by atoms with Gasteiger partial charge < -0.3 is 10.1 Å². The van der Waals surface area contributed by atoms with Crippen LogP contribution in [-0.2, 0) is 9.84 Å². The van der Waals surface area contributed by atoms with Gasteiger partial charge in [0.15, 0.2) is 0 Å². The van der Waals surface area contributed by atoms with E-state index in [0.717, 1.165) is 17.7 Å². The maximum Gasteiger partial charge on any atom is 0.150 e. The third-order valence-electron chi connectivity index (χ3n) is 3.25. The minimum absolute atomic E-state index is 0.179. The predicted molar refractivity (Wildman–Crippen MR) is 78.4 cm³/mol. The van der Waals surface area contributed by atoms with Crippen molar-refractivity contribution in [2.24, 2.45) is 0 Å². The minimum atomic E-state index is -2.86. The third-order valence-corrected chi connectivity index (χ3v) is 5.04. The molecule has 0 spiro atoms. The van der Waals surface area contributed by atoms with Crippen molar-refractivity contribution in [1.29, 1.82) is 0 Å². The number of ether oxygens (including phenoxy) is 1. The summed E-state index contributed by atoms with van der Waals surface area (Å²) in [4.78, 5) is 0. The molecule has 1 unspecified atom stereocenters. The standard InChI is InChI=1S/C14H23NO3S/c1-4-19(16,17)11-5-6-14(15-2)12-7-9-13(18-3)10-8-12/h7-10,14-15H,4-6,11H2,1-3H3. The van der Waals surface area contributed by atoms with Crippen molar-refractivity contribution in [3.8, 4) is 5.75 Å². The van der Waals surface area contributed by atoms with Crippen molar-refractivity contribution in [3.63, 3.8) is 0 Å². The second-order valence-corrected chi connectivity index (χ2v) is 6.97. The molecule has 0 heterocycles. The topological polar surface area (TPSA) is 55.4 Å². The molecule has 0 amide bonds. The number of nitrogens with one attached hydrogen (secondary N) is 1. The van der Waals surface area contributed by atoms with Gasteiger partial charge in [-0.25, -0.2) is 8.42 Å². The van der Waals surface area contributed by atoms with Crippen LogP contribution in [0.1, 0.15) is 31.4 Å². The first-order valence-corrected chi connectivity index (χ1v) is 8.36. The highest BCUT2D eigenvalue weighted by Gasteiger charge is 2.12. The maximum absolute atomic E-state index is 11.5. The summed E-state index contributed by atoms with van der Waals surface area (Å²) in [5, 5.41) is 3.22. The largest absolute Gasteiger partial charge is 0.497 e. The molecule has 1 N–H and O–H groups in total. The highest BCUT2D eigenvalue weighted by Crippen LogP contribution is 2.21. The molecular formula is C14H23NO3S. The maximum atomic E-state index is 11.5. The number of hydrogen-bond donors (Lipinski definition) is 1. The molecule has 1 aromatic rings. The van der Waals surface area contributed by atoms with Crippen molar-refractivity contribution in [3.05, 3.63) is 29.8 Å². The van der Waals surface area contributed by atoms with E-state index < -0.39 is 9.84 Å². The number of rotatable bonds is 8. The fraction of sp³-hybridized carbons (Fsp3) is 0.571. The lowest BCUT2D eigenvalue weighted by atomic mass is 10.0. The van der Waals surface area contributed by atoms with E-state index in [0.29, 0.717) is 6.42 Å². The van der Waals surface area contributed by atoms with Crippen molar-refractivity contribution < 1.29 is 13.2 Å². The van der Waals surface area contributed by atoms with Crippen LogP contribution in [0.4, 0.5) is 0 Å². The first kappa shape index (κ1) is 16.0. The average Bonchev–Trinajstić information content (AvgIpc) is 2.44. The molecule has 1 rings (SSSR count). The molecule has 19 heavy (non-hydrogen) atoms. The lowest BCUT2D eigenvalue weighted by Gasteiger charge is -2.16. The predicted octanol–water partition coefficient (Wildman–Crippen LogP) is 2.17. The van der Waals surface area contributed by atoms with Crippen molar-refractivity contribution >= 4 is 9.84 Å². The molecule has 0 fully saturated rings. The van der Waals surface area contributed by atoms with E-state index in [-0.39, 0.29) is 17.5 Å². The average molecular weight is 285 g/mol. The normalized spacial score (nSPS) is 13.2. The summed E-state index contributed by atoms with van der Waals surface area (Å²) in [6.07, 6.45) is 1.48. The van der Waals surface area contributed by atoms with Gasteiger partial charge >= 0.3 is 0 Å². The van der Waals surface area contributed by atoms with Gasteiger partial charge in [0.05, 0.1) is 12.9 Å². The molecule has 0 bridgehead atoms. The van der Waals surface area contributed by atoms with Gasteiger partial charge in [-0.2, -0.15) is 0 Å². The monoisotopic (exact) mass is 285 g/mol. The Morgan fingerprint density at radius 3 is 2.37 bits per heavy atom. The van der Waals surface area contributed by atoms with E-state index in [1.807, 2.05) is 31.3 Å². The minimum Gasteiger partial charge on any atom is -0.497 e. The molecule has 108 valence electrons. The molecule has 5 heteroatoms. The molecule has 0 saturated heterocycles. The number of methoxy groups -OCH3 is 1. The highest BCUT2D eigenvalue weighted by atomic mass is 32.2. The van der Waals surface area contributed by atoms with Gasteiger partial charge in [0.2, 0.25) is 0 Å². The summed E-state index contributed by atoms with van der Waals surface area (Å²) in [6, 6.07) is 8.03. The molecule has 0 aliphatic carbocycles. The van der Waals surface area contributed by atoms with Gasteiger partial charge in [0.1, 0.15) is 15.6 Å². The van der Waals surface area contributed by atoms with Crippen LogP contribution in [0.25, 0.3) is 0 Å². The van der Waals surface area contributed by atoms with E-state index in [9.17, 15) is 8.42 Å². The SMILES string of the molecule is CCS(=O)(=O)CCCC(NC)c1ccc(OC)cc1. The van der Waals surface area contributed by atoms with Crippen LogP contribution in [0, 0.1) is 0 Å². The zero-order valence-corrected chi connectivity index (χ0v) is 12.7. The second-order valence-electron chi connectivity index (χ2n) is 4.49. The van der Waals surface area contributed by atoms with Gasteiger partial charge in [-0.05, 0) is 37.6 Å². The van der Waals surface area contributed by atoms with Gasteiger partial charge in [0.25, 0.3) is 0 Å². The van der Waals surface area contributed by atoms with E-state index >= 15 is 0 Å². The van der Waals surface area contributed by atoms with Gasteiger partial charge in [-0.15, -0.1) is 0 Å². The van der Waals surface area contributed by atoms with Crippen LogP contribution in [0.15, 0.2) is 24.3 Å². The summed E-state index contributed by atoms with van der Waals surface area (Å²) in [5.41, 5.74) is 1.15. The van der Waals surface area contributed by atoms with E-state index in [4.69, 9.17) is 4.74 Å². The smallest absolute Gasteiger partial charge is 0.150 e. The Kier molecular flexibility index (Phi) is 6.31. The number of benzene rings is 1. The van der Waals surface area contributed by atoms with Gasteiger partial charge in [0, 0.05) is 11.8 Å². The molecule has 0 radical (unpaired) electrons. The zero-order valence-electron chi connectivity index (χ0n) is 11.8. The Labute approximate surface area is 116 Å². The fourth-order valence-electron chi connectivity index (χ4n) is 1.97. The van der Waals surface area contributed by atoms with Crippen LogP contribution in [-0.4, -0.2) is 34.1 Å². The Balaban J connectivity index is 2.57. The van der Waals surface area contributed by atoms with E-state index in [1.165, 1.54) is 0 Å². The van der Waals surface area contributed by atoms with Crippen molar-refractivity contribution in [2.75, 3.05) is 25.7 Å². The molecule has 0 aliphatic rings. The Hall–Kier alpha value is -1.07. The second kappa shape index (κ2) is 7.50. The molecule has 1 atom stereocenters. The summed E-state index contributed by atoms with van der Waals surface area (Å²) < 4.78 is 28.0. The number of sulfone groups is 1. The number of hydrogen-bond acceptors (Lipinski definition) is 4. The van der Waals surface area contributed by atoms with Crippen LogP contribution >= 0.6 is 0 Å². The van der Waals surface area contributed by atoms with Crippen molar-refractivity contribution in [1.82, 2.24) is 5.32 Å². The Morgan fingerprint density at radius 2 is 1.89 bits per heavy atom. The lowest BCUT2D eigenvalue weighted by Crippen LogP contribution is -2.18. The van der Waals surface area contributed by atoms with E-state index in [2.05, 4.69) is 5.32 Å². The zero-order chi connectivity index (χ0) is 14.3. The van der Waals surface area contributed by atoms with Crippen LogP contribution in [0.2, 0.25) is 0 Å². The molecule has 0 aromatic heterocycles. The van der Waals surface area contributed by atoms with E-state index in [1.54, 1.807) is 14.0 Å². The molecular weight excluding hydrogens is 262 g/mol. The summed E-state index contributed by atoms with van der Waals surface area (Å²) in [6.45, 7) is 1.69. The van der Waals surface area contributed by atoms with Crippen molar-refractivity contribution in [2.45, 2.75) is 25.8 Å². The van der Waals surface area contributed by atoms with Crippen LogP contribution < -0.4 is 10.1 Å². The summed E-state index contributed by atoms with van der Waals surface area (Å²) in [7, 11) is 0.667. The Bertz CT molecular complexity index is 468.